The Kier molecular flexibility index (Phi) is 4.01. The smallest absolute Gasteiger partial charge is 0.309 e. The standard InChI is InChI=1S/C21H31NO3/c1-20-10-8-16-14(15(20)5-6-17(20)19(23)25-4)12-22-18-11-13(24-3)7-9-21(16,18)2/h11,14-17H,5-10,12H2,1-4H3/t14-,15-,16+,17?,20-,21+/m0/s1. The first-order valence-electron chi connectivity index (χ1n) is 9.81. The number of carbonyl (C=O) groups excluding carboxylic acids is 1. The number of carbonyl (C=O) groups is 1. The Hall–Kier alpha value is -1.32. The number of aliphatic imine (C=N–C) groups is 1. The van der Waals surface area contributed by atoms with E-state index in [0.717, 1.165) is 44.4 Å². The Balaban J connectivity index is 1.65. The summed E-state index contributed by atoms with van der Waals surface area (Å²) in [5.41, 5.74) is 1.53. The Morgan fingerprint density at radius 3 is 2.68 bits per heavy atom. The van der Waals surface area contributed by atoms with Crippen molar-refractivity contribution in [3.8, 4) is 0 Å². The average molecular weight is 345 g/mol. The second-order valence-corrected chi connectivity index (χ2v) is 9.03. The van der Waals surface area contributed by atoms with Crippen molar-refractivity contribution in [2.75, 3.05) is 20.8 Å². The Morgan fingerprint density at radius 2 is 1.96 bits per heavy atom. The van der Waals surface area contributed by atoms with Crippen molar-refractivity contribution in [1.29, 1.82) is 0 Å². The highest BCUT2D eigenvalue weighted by Gasteiger charge is 2.60. The van der Waals surface area contributed by atoms with E-state index in [4.69, 9.17) is 14.5 Å². The van der Waals surface area contributed by atoms with E-state index in [1.165, 1.54) is 19.2 Å². The van der Waals surface area contributed by atoms with Gasteiger partial charge in [0, 0.05) is 24.1 Å². The largest absolute Gasteiger partial charge is 0.501 e. The van der Waals surface area contributed by atoms with Crippen LogP contribution in [0.25, 0.3) is 0 Å². The summed E-state index contributed by atoms with van der Waals surface area (Å²) in [6, 6.07) is 0. The molecule has 0 aromatic heterocycles. The van der Waals surface area contributed by atoms with Gasteiger partial charge < -0.3 is 9.47 Å². The van der Waals surface area contributed by atoms with Crippen LogP contribution in [0.15, 0.2) is 16.8 Å². The van der Waals surface area contributed by atoms with Crippen LogP contribution < -0.4 is 0 Å². The lowest BCUT2D eigenvalue weighted by Crippen LogP contribution is -2.53. The van der Waals surface area contributed by atoms with E-state index in [9.17, 15) is 4.79 Å². The monoisotopic (exact) mass is 345 g/mol. The second-order valence-electron chi connectivity index (χ2n) is 9.03. The number of nitrogens with zero attached hydrogens (tertiary/aromatic N) is 1. The van der Waals surface area contributed by atoms with Crippen LogP contribution >= 0.6 is 0 Å². The fourth-order valence-electron chi connectivity index (χ4n) is 6.73. The summed E-state index contributed by atoms with van der Waals surface area (Å²) >= 11 is 0. The topological polar surface area (TPSA) is 47.9 Å². The zero-order valence-electron chi connectivity index (χ0n) is 16.0. The van der Waals surface area contributed by atoms with Crippen molar-refractivity contribution in [2.24, 2.45) is 39.5 Å². The minimum absolute atomic E-state index is 0.00000226. The van der Waals surface area contributed by atoms with Gasteiger partial charge in [0.2, 0.25) is 0 Å². The number of methoxy groups -OCH3 is 2. The van der Waals surface area contributed by atoms with Crippen molar-refractivity contribution in [3.63, 3.8) is 0 Å². The van der Waals surface area contributed by atoms with Crippen molar-refractivity contribution in [1.82, 2.24) is 0 Å². The summed E-state index contributed by atoms with van der Waals surface area (Å²) in [6.45, 7) is 5.67. The Bertz CT molecular complexity index is 639. The number of fused-ring (bicyclic) bond motifs is 5. The SMILES string of the molecule is COC(=O)C1CC[C@H]2[C@@H]3CN=C4C=C(OC)CC[C@]4(C)[C@@H]3CC[C@]12C. The zero-order valence-corrected chi connectivity index (χ0v) is 16.0. The molecule has 1 aliphatic heterocycles. The lowest BCUT2D eigenvalue weighted by molar-refractivity contribution is -0.152. The molecular weight excluding hydrogens is 314 g/mol. The van der Waals surface area contributed by atoms with Gasteiger partial charge in [-0.2, -0.15) is 0 Å². The summed E-state index contributed by atoms with van der Waals surface area (Å²) in [5, 5.41) is 0. The predicted octanol–water partition coefficient (Wildman–Crippen LogP) is 4.00. The van der Waals surface area contributed by atoms with E-state index in [1.54, 1.807) is 7.11 Å². The highest BCUT2D eigenvalue weighted by molar-refractivity contribution is 6.01. The summed E-state index contributed by atoms with van der Waals surface area (Å²) in [4.78, 5) is 17.4. The van der Waals surface area contributed by atoms with Gasteiger partial charge in [0.25, 0.3) is 0 Å². The molecule has 0 aromatic rings. The second kappa shape index (κ2) is 5.85. The maximum atomic E-state index is 12.3. The Morgan fingerprint density at radius 1 is 1.16 bits per heavy atom. The molecule has 2 fully saturated rings. The number of ether oxygens (including phenoxy) is 2. The van der Waals surface area contributed by atoms with E-state index in [-0.39, 0.29) is 22.7 Å². The fraction of sp³-hybridized carbons (Fsp3) is 0.810. The lowest BCUT2D eigenvalue weighted by atomic mass is 9.50. The molecule has 2 saturated carbocycles. The molecule has 0 amide bonds. The molecule has 3 aliphatic carbocycles. The van der Waals surface area contributed by atoms with Crippen molar-refractivity contribution in [3.05, 3.63) is 11.8 Å². The quantitative estimate of drug-likeness (QED) is 0.711. The molecule has 138 valence electrons. The minimum Gasteiger partial charge on any atom is -0.501 e. The predicted molar refractivity (Wildman–Crippen MR) is 97.3 cm³/mol. The molecule has 0 spiro atoms. The third-order valence-electron chi connectivity index (χ3n) is 8.25. The van der Waals surface area contributed by atoms with Crippen molar-refractivity contribution in [2.45, 2.75) is 52.4 Å². The molecule has 0 radical (unpaired) electrons. The van der Waals surface area contributed by atoms with E-state index < -0.39 is 0 Å². The van der Waals surface area contributed by atoms with Crippen molar-refractivity contribution < 1.29 is 14.3 Å². The van der Waals surface area contributed by atoms with E-state index >= 15 is 0 Å². The molecule has 4 aliphatic rings. The van der Waals surface area contributed by atoms with Gasteiger partial charge in [-0.05, 0) is 61.3 Å². The normalized spacial score (nSPS) is 45.4. The highest BCUT2D eigenvalue weighted by atomic mass is 16.5. The number of rotatable bonds is 2. The molecule has 0 aromatic carbocycles. The zero-order chi connectivity index (χ0) is 17.8. The maximum Gasteiger partial charge on any atom is 0.309 e. The van der Waals surface area contributed by atoms with Crippen LogP contribution in [0.1, 0.15) is 52.4 Å². The summed E-state index contributed by atoms with van der Waals surface area (Å²) < 4.78 is 10.6. The Labute approximate surface area is 151 Å². The van der Waals surface area contributed by atoms with Gasteiger partial charge in [-0.3, -0.25) is 9.79 Å². The van der Waals surface area contributed by atoms with Crippen LogP contribution in [0.3, 0.4) is 0 Å². The molecular formula is C21H31NO3. The van der Waals surface area contributed by atoms with Crippen LogP contribution in [0.2, 0.25) is 0 Å². The molecule has 25 heavy (non-hydrogen) atoms. The molecule has 4 rings (SSSR count). The fourth-order valence-corrected chi connectivity index (χ4v) is 6.73. The third-order valence-corrected chi connectivity index (χ3v) is 8.25. The van der Waals surface area contributed by atoms with Crippen molar-refractivity contribution >= 4 is 11.7 Å². The first-order valence-corrected chi connectivity index (χ1v) is 9.81. The molecule has 0 saturated heterocycles. The first-order chi connectivity index (χ1) is 11.9. The van der Waals surface area contributed by atoms with Crippen LogP contribution in [-0.4, -0.2) is 32.4 Å². The van der Waals surface area contributed by atoms with Gasteiger partial charge >= 0.3 is 5.97 Å². The number of allylic oxidation sites excluding steroid dienone is 2. The van der Waals surface area contributed by atoms with Crippen LogP contribution in [-0.2, 0) is 14.3 Å². The first kappa shape index (κ1) is 17.1. The van der Waals surface area contributed by atoms with Gasteiger partial charge in [0.15, 0.2) is 0 Å². The molecule has 6 atom stereocenters. The van der Waals surface area contributed by atoms with Crippen LogP contribution in [0, 0.1) is 34.5 Å². The van der Waals surface area contributed by atoms with Gasteiger partial charge in [-0.1, -0.05) is 13.8 Å². The van der Waals surface area contributed by atoms with Gasteiger partial charge in [-0.15, -0.1) is 0 Å². The summed E-state index contributed by atoms with van der Waals surface area (Å²) in [6.07, 6.45) is 8.83. The lowest BCUT2D eigenvalue weighted by Gasteiger charge is -2.56. The number of esters is 1. The third kappa shape index (κ3) is 2.32. The van der Waals surface area contributed by atoms with E-state index in [2.05, 4.69) is 19.9 Å². The summed E-state index contributed by atoms with van der Waals surface area (Å²) in [5.74, 6) is 3.05. The van der Waals surface area contributed by atoms with E-state index in [0.29, 0.717) is 17.8 Å². The molecule has 0 bridgehead atoms. The molecule has 4 heteroatoms. The van der Waals surface area contributed by atoms with Gasteiger partial charge in [0.05, 0.1) is 25.9 Å². The molecule has 1 unspecified atom stereocenters. The average Bonchev–Trinajstić information content (AvgIpc) is 2.97. The summed E-state index contributed by atoms with van der Waals surface area (Å²) in [7, 11) is 3.29. The van der Waals surface area contributed by atoms with E-state index in [1.807, 2.05) is 0 Å². The van der Waals surface area contributed by atoms with Crippen LogP contribution in [0.5, 0.6) is 0 Å². The van der Waals surface area contributed by atoms with Crippen LogP contribution in [0.4, 0.5) is 0 Å². The number of hydrogen-bond acceptors (Lipinski definition) is 4. The van der Waals surface area contributed by atoms with Gasteiger partial charge in [-0.25, -0.2) is 0 Å². The number of hydrogen-bond donors (Lipinski definition) is 0. The maximum absolute atomic E-state index is 12.3. The molecule has 1 heterocycles. The molecule has 0 N–H and O–H groups in total. The van der Waals surface area contributed by atoms with Gasteiger partial charge in [0.1, 0.15) is 0 Å². The highest BCUT2D eigenvalue weighted by Crippen LogP contribution is 2.63. The minimum atomic E-state index is -0.00000226. The molecule has 4 nitrogen and oxygen atoms in total.